The number of hydrogen-bond acceptors (Lipinski definition) is 6. The molecule has 2 aromatic rings. The van der Waals surface area contributed by atoms with Crippen LogP contribution in [-0.2, 0) is 21.2 Å². The molecular weight excluding hydrogens is 518 g/mol. The number of halogens is 2. The van der Waals surface area contributed by atoms with Gasteiger partial charge < -0.3 is 14.9 Å². The maximum absolute atomic E-state index is 13.1. The van der Waals surface area contributed by atoms with Crippen LogP contribution in [-0.4, -0.2) is 43.0 Å². The lowest BCUT2D eigenvalue weighted by molar-refractivity contribution is -0.231. The number of nitrogens with one attached hydrogen (secondary N) is 1. The summed E-state index contributed by atoms with van der Waals surface area (Å²) >= 11 is 0. The topological polar surface area (TPSA) is 125 Å². The molecule has 0 aromatic heterocycles. The van der Waals surface area contributed by atoms with E-state index >= 15 is 0 Å². The number of nitrogens with zero attached hydrogens (tertiary/aromatic N) is 1. The third-order valence-electron chi connectivity index (χ3n) is 4.99. The van der Waals surface area contributed by atoms with Crippen LogP contribution in [0.3, 0.4) is 0 Å². The largest absolute Gasteiger partial charge is 0.506 e. The SMILES string of the molecule is CC.CCc1ccc(S(=O)(=O)Nc2ccc(O)c(N=CC3=CC=CC(OC(C)(F)F)C=C3)c2)cc1C(=O)O. The molecule has 0 bridgehead atoms. The number of sulfonamides is 1. The number of alkyl halides is 2. The molecule has 0 saturated carbocycles. The van der Waals surface area contributed by atoms with Crippen molar-refractivity contribution >= 4 is 33.6 Å². The molecule has 1 atom stereocenters. The number of aliphatic imine (C=N–C) groups is 1. The lowest BCUT2D eigenvalue weighted by Crippen LogP contribution is -2.21. The summed E-state index contributed by atoms with van der Waals surface area (Å²) in [5.74, 6) is -1.46. The summed E-state index contributed by atoms with van der Waals surface area (Å²) in [4.78, 5) is 15.4. The molecule has 0 spiro atoms. The Balaban J connectivity index is 0.00000247. The third-order valence-corrected chi connectivity index (χ3v) is 6.37. The molecule has 0 amide bonds. The number of carboxylic acids is 1. The minimum Gasteiger partial charge on any atom is -0.506 e. The number of allylic oxidation sites excluding steroid dienone is 4. The van der Waals surface area contributed by atoms with E-state index in [1.807, 2.05) is 13.8 Å². The highest BCUT2D eigenvalue weighted by Crippen LogP contribution is 2.31. The summed E-state index contributed by atoms with van der Waals surface area (Å²) in [5.41, 5.74) is 1.03. The lowest BCUT2D eigenvalue weighted by Gasteiger charge is -2.15. The van der Waals surface area contributed by atoms with E-state index in [-0.39, 0.29) is 27.6 Å². The Labute approximate surface area is 220 Å². The number of aromatic hydroxyl groups is 1. The molecule has 204 valence electrons. The van der Waals surface area contributed by atoms with Crippen LogP contribution in [0.15, 0.2) is 82.2 Å². The van der Waals surface area contributed by atoms with Crippen molar-refractivity contribution in [2.75, 3.05) is 4.72 Å². The minimum atomic E-state index is -4.14. The Morgan fingerprint density at radius 2 is 1.89 bits per heavy atom. The minimum absolute atomic E-state index is 0.0400. The van der Waals surface area contributed by atoms with Crippen molar-refractivity contribution in [3.05, 3.63) is 83.5 Å². The molecule has 11 heteroatoms. The summed E-state index contributed by atoms with van der Waals surface area (Å²) in [6, 6.07) is 7.72. The molecule has 0 aliphatic heterocycles. The number of anilines is 1. The summed E-state index contributed by atoms with van der Waals surface area (Å²) in [6.45, 7) is 6.41. The van der Waals surface area contributed by atoms with Crippen LogP contribution < -0.4 is 4.72 Å². The highest BCUT2D eigenvalue weighted by molar-refractivity contribution is 7.92. The second-order valence-electron chi connectivity index (χ2n) is 7.85. The Morgan fingerprint density at radius 1 is 1.18 bits per heavy atom. The van der Waals surface area contributed by atoms with E-state index in [0.717, 1.165) is 6.07 Å². The Kier molecular flexibility index (Phi) is 10.5. The van der Waals surface area contributed by atoms with Crippen molar-refractivity contribution in [2.45, 2.75) is 51.2 Å². The monoisotopic (exact) mass is 548 g/mol. The fraction of sp³-hybridized carbons (Fsp3) is 0.259. The summed E-state index contributed by atoms with van der Waals surface area (Å²) in [6.07, 6.45) is 5.04. The number of benzene rings is 2. The van der Waals surface area contributed by atoms with Crippen LogP contribution in [0, 0.1) is 0 Å². The number of hydrogen-bond donors (Lipinski definition) is 3. The average molecular weight is 549 g/mol. The van der Waals surface area contributed by atoms with Gasteiger partial charge in [0.1, 0.15) is 17.5 Å². The zero-order valence-electron chi connectivity index (χ0n) is 21.4. The molecule has 1 unspecified atom stereocenters. The third kappa shape index (κ3) is 8.63. The molecule has 38 heavy (non-hydrogen) atoms. The normalized spacial score (nSPS) is 15.4. The number of phenolic OH excluding ortho intramolecular Hbond substituents is 1. The molecule has 0 fully saturated rings. The number of ether oxygens (including phenoxy) is 1. The smallest absolute Gasteiger partial charge is 0.353 e. The van der Waals surface area contributed by atoms with Crippen molar-refractivity contribution in [1.29, 1.82) is 0 Å². The molecule has 0 heterocycles. The van der Waals surface area contributed by atoms with Crippen molar-refractivity contribution in [2.24, 2.45) is 4.99 Å². The molecule has 2 aromatic carbocycles. The number of phenols is 1. The van der Waals surface area contributed by atoms with Crippen LogP contribution in [0.1, 0.15) is 43.6 Å². The van der Waals surface area contributed by atoms with E-state index in [0.29, 0.717) is 24.5 Å². The fourth-order valence-electron chi connectivity index (χ4n) is 3.28. The number of rotatable bonds is 9. The van der Waals surface area contributed by atoms with Crippen molar-refractivity contribution in [3.63, 3.8) is 0 Å². The van der Waals surface area contributed by atoms with E-state index in [2.05, 4.69) is 14.5 Å². The molecule has 3 rings (SSSR count). The predicted molar refractivity (Wildman–Crippen MR) is 143 cm³/mol. The van der Waals surface area contributed by atoms with Crippen LogP contribution in [0.25, 0.3) is 0 Å². The van der Waals surface area contributed by atoms with Crippen molar-refractivity contribution < 1.29 is 36.9 Å². The van der Waals surface area contributed by atoms with E-state index < -0.39 is 28.2 Å². The fourth-order valence-corrected chi connectivity index (χ4v) is 4.36. The van der Waals surface area contributed by atoms with Crippen LogP contribution in [0.5, 0.6) is 5.75 Å². The van der Waals surface area contributed by atoms with Gasteiger partial charge in [-0.2, -0.15) is 8.78 Å². The first-order valence-corrected chi connectivity index (χ1v) is 13.2. The van der Waals surface area contributed by atoms with Crippen LogP contribution in [0.2, 0.25) is 0 Å². The first-order valence-electron chi connectivity index (χ1n) is 11.8. The quantitative estimate of drug-likeness (QED) is 0.252. The van der Waals surface area contributed by atoms with Gasteiger partial charge in [0.25, 0.3) is 10.0 Å². The van der Waals surface area contributed by atoms with Gasteiger partial charge in [0.15, 0.2) is 0 Å². The Bertz CT molecular complexity index is 1380. The summed E-state index contributed by atoms with van der Waals surface area (Å²) in [7, 11) is -4.14. The first kappa shape index (κ1) is 30.4. The molecule has 3 N–H and O–H groups in total. The van der Waals surface area contributed by atoms with Crippen LogP contribution in [0.4, 0.5) is 20.2 Å². The second-order valence-corrected chi connectivity index (χ2v) is 9.53. The lowest BCUT2D eigenvalue weighted by atomic mass is 10.1. The summed E-state index contributed by atoms with van der Waals surface area (Å²) in [5, 5.41) is 19.5. The Morgan fingerprint density at radius 3 is 2.53 bits per heavy atom. The molecule has 0 saturated heterocycles. The van der Waals surface area contributed by atoms with Crippen LogP contribution >= 0.6 is 0 Å². The van der Waals surface area contributed by atoms with Gasteiger partial charge in [0.2, 0.25) is 0 Å². The number of carbonyl (C=O) groups is 1. The zero-order chi connectivity index (χ0) is 28.5. The standard InChI is InChI=1S/C25H24F2N2O6S.C2H6/c1-3-17-8-11-20(14-21(17)24(31)32)36(33,34)29-18-9-12-23(30)22(13-18)28-15-16-5-4-6-19(10-7-16)35-25(2,26)27;1-2/h4-15,19,29-30H,3H2,1-2H3,(H,31,32);1-2H3. The molecule has 1 aliphatic carbocycles. The predicted octanol–water partition coefficient (Wildman–Crippen LogP) is 6.23. The number of aromatic carboxylic acids is 1. The van der Waals surface area contributed by atoms with Crippen molar-refractivity contribution in [3.8, 4) is 5.75 Å². The van der Waals surface area contributed by atoms with E-state index in [1.165, 1.54) is 60.9 Å². The van der Waals surface area contributed by atoms with Gasteiger partial charge >= 0.3 is 12.1 Å². The van der Waals surface area contributed by atoms with E-state index in [4.69, 9.17) is 0 Å². The highest BCUT2D eigenvalue weighted by atomic mass is 32.2. The first-order chi connectivity index (χ1) is 17.9. The highest BCUT2D eigenvalue weighted by Gasteiger charge is 2.25. The molecule has 8 nitrogen and oxygen atoms in total. The number of aryl methyl sites for hydroxylation is 1. The van der Waals surface area contributed by atoms with Gasteiger partial charge in [0, 0.05) is 13.1 Å². The number of carboxylic acid groups (broad SMARTS) is 1. The zero-order valence-corrected chi connectivity index (χ0v) is 22.2. The maximum atomic E-state index is 13.1. The Hall–Kier alpha value is -3.83. The molecular formula is C27H30F2N2O6S. The van der Waals surface area contributed by atoms with Gasteiger partial charge in [-0.1, -0.05) is 57.2 Å². The van der Waals surface area contributed by atoms with Crippen molar-refractivity contribution in [1.82, 2.24) is 0 Å². The molecule has 0 radical (unpaired) electrons. The van der Waals surface area contributed by atoms with E-state index in [9.17, 15) is 32.2 Å². The van der Waals surface area contributed by atoms with Gasteiger partial charge in [-0.25, -0.2) is 13.2 Å². The van der Waals surface area contributed by atoms with Gasteiger partial charge in [-0.15, -0.1) is 0 Å². The second kappa shape index (κ2) is 13.1. The average Bonchev–Trinajstić information content (AvgIpc) is 3.08. The van der Waals surface area contributed by atoms with E-state index in [1.54, 1.807) is 13.0 Å². The summed E-state index contributed by atoms with van der Waals surface area (Å²) < 4.78 is 58.8. The van der Waals surface area contributed by atoms with Gasteiger partial charge in [-0.05, 0) is 47.9 Å². The molecule has 1 aliphatic rings. The maximum Gasteiger partial charge on any atom is 0.353 e. The van der Waals surface area contributed by atoms with Gasteiger partial charge in [0.05, 0.1) is 16.1 Å². The van der Waals surface area contributed by atoms with Gasteiger partial charge in [-0.3, -0.25) is 9.71 Å².